The number of carboxylic acid groups (broad SMARTS) is 1. The first-order chi connectivity index (χ1) is 7.99. The molecule has 1 aliphatic heterocycles. The van der Waals surface area contributed by atoms with Crippen molar-refractivity contribution < 1.29 is 19.8 Å². The van der Waals surface area contributed by atoms with Crippen LogP contribution in [-0.2, 0) is 9.59 Å². The Morgan fingerprint density at radius 3 is 2.88 bits per heavy atom. The van der Waals surface area contributed by atoms with Crippen molar-refractivity contribution in [2.75, 3.05) is 16.8 Å². The average Bonchev–Trinajstić information content (AvgIpc) is 2.26. The number of nitrogens with one attached hydrogen (secondary N) is 1. The summed E-state index contributed by atoms with van der Waals surface area (Å²) in [6, 6.07) is 3.64. The standard InChI is InChI=1S/C11H12N2O4/c1-6(11(16)17)13-5-10(15)12-8-4-7(14)2-3-9(8)13/h2-4,6,14H,5H2,1H3,(H,12,15)(H,16,17). The summed E-state index contributed by atoms with van der Waals surface area (Å²) in [6.07, 6.45) is 0. The summed E-state index contributed by atoms with van der Waals surface area (Å²) in [5.41, 5.74) is 1.02. The van der Waals surface area contributed by atoms with Crippen molar-refractivity contribution in [3.05, 3.63) is 18.2 Å². The highest BCUT2D eigenvalue weighted by Crippen LogP contribution is 2.33. The summed E-state index contributed by atoms with van der Waals surface area (Å²) in [4.78, 5) is 23.9. The summed E-state index contributed by atoms with van der Waals surface area (Å²) < 4.78 is 0. The molecule has 0 aromatic heterocycles. The highest BCUT2D eigenvalue weighted by molar-refractivity contribution is 6.02. The zero-order valence-electron chi connectivity index (χ0n) is 9.17. The second-order valence-corrected chi connectivity index (χ2v) is 3.89. The highest BCUT2D eigenvalue weighted by atomic mass is 16.4. The van der Waals surface area contributed by atoms with Crippen LogP contribution in [0, 0.1) is 0 Å². The molecular weight excluding hydrogens is 224 g/mol. The van der Waals surface area contributed by atoms with E-state index in [1.807, 2.05) is 0 Å². The minimum Gasteiger partial charge on any atom is -0.508 e. The molecule has 1 heterocycles. The van der Waals surface area contributed by atoms with Crippen LogP contribution in [0.2, 0.25) is 0 Å². The number of fused-ring (bicyclic) bond motifs is 1. The first kappa shape index (κ1) is 11.3. The van der Waals surface area contributed by atoms with Gasteiger partial charge < -0.3 is 20.4 Å². The van der Waals surface area contributed by atoms with E-state index in [9.17, 15) is 14.7 Å². The molecule has 1 aromatic rings. The largest absolute Gasteiger partial charge is 0.508 e. The maximum Gasteiger partial charge on any atom is 0.326 e. The zero-order chi connectivity index (χ0) is 12.6. The van der Waals surface area contributed by atoms with Gasteiger partial charge in [-0.05, 0) is 19.1 Å². The second-order valence-electron chi connectivity index (χ2n) is 3.89. The molecule has 0 spiro atoms. The third-order valence-corrected chi connectivity index (χ3v) is 2.70. The summed E-state index contributed by atoms with van der Waals surface area (Å²) in [6.45, 7) is 1.50. The lowest BCUT2D eigenvalue weighted by Gasteiger charge is -2.33. The number of phenolic OH excluding ortho intramolecular Hbond substituents is 1. The summed E-state index contributed by atoms with van der Waals surface area (Å²) in [5, 5.41) is 20.9. The minimum absolute atomic E-state index is 0.00869. The Morgan fingerprint density at radius 2 is 2.24 bits per heavy atom. The molecule has 1 atom stereocenters. The predicted octanol–water partition coefficient (Wildman–Crippen LogP) is 0.624. The van der Waals surface area contributed by atoms with E-state index in [1.54, 1.807) is 6.07 Å². The fourth-order valence-electron chi connectivity index (χ4n) is 1.78. The molecule has 6 heteroatoms. The lowest BCUT2D eigenvalue weighted by atomic mass is 10.1. The van der Waals surface area contributed by atoms with Crippen LogP contribution in [0.1, 0.15) is 6.92 Å². The van der Waals surface area contributed by atoms with Crippen molar-refractivity contribution in [1.82, 2.24) is 0 Å². The SMILES string of the molecule is CC(C(=O)O)N1CC(=O)Nc2cc(O)ccc21. The Balaban J connectivity index is 2.44. The van der Waals surface area contributed by atoms with E-state index in [1.165, 1.54) is 24.0 Å². The van der Waals surface area contributed by atoms with Crippen molar-refractivity contribution in [3.8, 4) is 5.75 Å². The lowest BCUT2D eigenvalue weighted by Crippen LogP contribution is -2.46. The highest BCUT2D eigenvalue weighted by Gasteiger charge is 2.29. The molecule has 17 heavy (non-hydrogen) atoms. The number of phenols is 1. The van der Waals surface area contributed by atoms with Crippen LogP contribution >= 0.6 is 0 Å². The minimum atomic E-state index is -1.00. The van der Waals surface area contributed by atoms with Gasteiger partial charge >= 0.3 is 5.97 Å². The van der Waals surface area contributed by atoms with Gasteiger partial charge in [-0.25, -0.2) is 4.79 Å². The Labute approximate surface area is 97.5 Å². The van der Waals surface area contributed by atoms with E-state index in [0.717, 1.165) is 0 Å². The molecule has 0 aliphatic carbocycles. The van der Waals surface area contributed by atoms with Crippen LogP contribution in [-0.4, -0.2) is 34.7 Å². The van der Waals surface area contributed by atoms with Crippen LogP contribution in [0.15, 0.2) is 18.2 Å². The van der Waals surface area contributed by atoms with Gasteiger partial charge in [-0.3, -0.25) is 4.79 Å². The topological polar surface area (TPSA) is 89.9 Å². The van der Waals surface area contributed by atoms with Crippen molar-refractivity contribution in [2.24, 2.45) is 0 Å². The van der Waals surface area contributed by atoms with Gasteiger partial charge in [-0.2, -0.15) is 0 Å². The Morgan fingerprint density at radius 1 is 1.53 bits per heavy atom. The smallest absolute Gasteiger partial charge is 0.326 e. The molecule has 1 aromatic carbocycles. The van der Waals surface area contributed by atoms with Crippen LogP contribution in [0.3, 0.4) is 0 Å². The van der Waals surface area contributed by atoms with Crippen molar-refractivity contribution in [2.45, 2.75) is 13.0 Å². The van der Waals surface area contributed by atoms with Gasteiger partial charge in [-0.1, -0.05) is 0 Å². The number of carbonyl (C=O) groups excluding carboxylic acids is 1. The fraction of sp³-hybridized carbons (Fsp3) is 0.273. The molecular formula is C11H12N2O4. The number of aromatic hydroxyl groups is 1. The monoisotopic (exact) mass is 236 g/mol. The third-order valence-electron chi connectivity index (χ3n) is 2.70. The number of amides is 1. The Bertz CT molecular complexity index is 486. The maximum atomic E-state index is 11.4. The molecule has 1 aliphatic rings. The summed E-state index contributed by atoms with van der Waals surface area (Å²) in [5.74, 6) is -1.27. The molecule has 90 valence electrons. The van der Waals surface area contributed by atoms with Gasteiger partial charge in [0.25, 0.3) is 0 Å². The molecule has 0 saturated heterocycles. The van der Waals surface area contributed by atoms with Crippen LogP contribution in [0.25, 0.3) is 0 Å². The van der Waals surface area contributed by atoms with Gasteiger partial charge in [0.1, 0.15) is 11.8 Å². The fourth-order valence-corrected chi connectivity index (χ4v) is 1.78. The predicted molar refractivity (Wildman–Crippen MR) is 61.2 cm³/mol. The van der Waals surface area contributed by atoms with Gasteiger partial charge in [0.2, 0.25) is 5.91 Å². The number of hydrogen-bond acceptors (Lipinski definition) is 4. The number of hydrogen-bond donors (Lipinski definition) is 3. The Hall–Kier alpha value is -2.24. The van der Waals surface area contributed by atoms with Gasteiger partial charge in [0.05, 0.1) is 17.9 Å². The van der Waals surface area contributed by atoms with Crippen molar-refractivity contribution >= 4 is 23.3 Å². The van der Waals surface area contributed by atoms with Gasteiger partial charge in [0, 0.05) is 6.07 Å². The number of benzene rings is 1. The zero-order valence-corrected chi connectivity index (χ0v) is 9.17. The number of carboxylic acids is 1. The summed E-state index contributed by atoms with van der Waals surface area (Å²) in [7, 11) is 0. The van der Waals surface area contributed by atoms with Crippen molar-refractivity contribution in [3.63, 3.8) is 0 Å². The van der Waals surface area contributed by atoms with Crippen LogP contribution in [0.5, 0.6) is 5.75 Å². The Kier molecular flexibility index (Phi) is 2.63. The van der Waals surface area contributed by atoms with Gasteiger partial charge in [0.15, 0.2) is 0 Å². The summed E-state index contributed by atoms with van der Waals surface area (Å²) >= 11 is 0. The average molecular weight is 236 g/mol. The first-order valence-corrected chi connectivity index (χ1v) is 5.11. The molecule has 0 radical (unpaired) electrons. The van der Waals surface area contributed by atoms with E-state index < -0.39 is 12.0 Å². The molecule has 6 nitrogen and oxygen atoms in total. The van der Waals surface area contributed by atoms with Gasteiger partial charge in [-0.15, -0.1) is 0 Å². The molecule has 1 amide bonds. The van der Waals surface area contributed by atoms with E-state index >= 15 is 0 Å². The number of rotatable bonds is 2. The number of nitrogens with zero attached hydrogens (tertiary/aromatic N) is 1. The second kappa shape index (κ2) is 3.97. The molecule has 3 N–H and O–H groups in total. The van der Waals surface area contributed by atoms with Crippen molar-refractivity contribution in [1.29, 1.82) is 0 Å². The lowest BCUT2D eigenvalue weighted by molar-refractivity contribution is -0.138. The normalized spacial score (nSPS) is 16.1. The van der Waals surface area contributed by atoms with E-state index in [2.05, 4.69) is 5.32 Å². The first-order valence-electron chi connectivity index (χ1n) is 5.11. The van der Waals surface area contributed by atoms with Crippen LogP contribution < -0.4 is 10.2 Å². The third kappa shape index (κ3) is 2.01. The quantitative estimate of drug-likeness (QED) is 0.700. The van der Waals surface area contributed by atoms with E-state index in [0.29, 0.717) is 11.4 Å². The maximum absolute atomic E-state index is 11.4. The molecule has 0 fully saturated rings. The molecule has 0 bridgehead atoms. The number of aliphatic carboxylic acids is 1. The molecule has 1 unspecified atom stereocenters. The van der Waals surface area contributed by atoms with E-state index in [4.69, 9.17) is 5.11 Å². The van der Waals surface area contributed by atoms with E-state index in [-0.39, 0.29) is 18.2 Å². The van der Waals surface area contributed by atoms with Crippen LogP contribution in [0.4, 0.5) is 11.4 Å². The number of carbonyl (C=O) groups is 2. The molecule has 0 saturated carbocycles. The number of anilines is 2. The molecule has 2 rings (SSSR count).